The third kappa shape index (κ3) is 1.73. The normalized spacial score (nSPS) is 11.2. The van der Waals surface area contributed by atoms with Gasteiger partial charge in [-0.1, -0.05) is 11.3 Å². The van der Waals surface area contributed by atoms with Gasteiger partial charge in [-0.05, 0) is 18.2 Å². The van der Waals surface area contributed by atoms with Gasteiger partial charge in [-0.15, -0.1) is 0 Å². The van der Waals surface area contributed by atoms with Gasteiger partial charge in [0.2, 0.25) is 5.13 Å². The number of aromatic nitrogens is 5. The minimum Gasteiger partial charge on any atom is -0.346 e. The number of fused-ring (bicyclic) bond motifs is 1. The molecule has 0 unspecified atom stereocenters. The number of nitrogens with one attached hydrogen (secondary N) is 1. The molecule has 1 N–H and O–H groups in total. The Morgan fingerprint density at radius 1 is 1.21 bits per heavy atom. The van der Waals surface area contributed by atoms with E-state index in [1.807, 2.05) is 36.9 Å². The number of aromatic amines is 1. The molecule has 0 amide bonds. The number of nitrogens with zero attached hydrogens (tertiary/aromatic N) is 4. The molecule has 0 bridgehead atoms. The summed E-state index contributed by atoms with van der Waals surface area (Å²) in [5.74, 6) is 0. The Balaban J connectivity index is 1.79. The van der Waals surface area contributed by atoms with Gasteiger partial charge >= 0.3 is 0 Å². The molecule has 0 atom stereocenters. The van der Waals surface area contributed by atoms with Crippen molar-refractivity contribution < 1.29 is 0 Å². The molecule has 6 heteroatoms. The van der Waals surface area contributed by atoms with E-state index in [0.29, 0.717) is 0 Å². The highest BCUT2D eigenvalue weighted by molar-refractivity contribution is 7.17. The van der Waals surface area contributed by atoms with Crippen molar-refractivity contribution in [3.8, 4) is 15.6 Å². The first kappa shape index (κ1) is 10.5. The van der Waals surface area contributed by atoms with Gasteiger partial charge in [0.1, 0.15) is 5.65 Å². The van der Waals surface area contributed by atoms with E-state index < -0.39 is 0 Å². The van der Waals surface area contributed by atoms with Crippen molar-refractivity contribution in [1.82, 2.24) is 24.7 Å². The van der Waals surface area contributed by atoms with Crippen molar-refractivity contribution in [2.45, 2.75) is 0 Å². The molecule has 0 aliphatic heterocycles. The topological polar surface area (TPSA) is 59.4 Å². The van der Waals surface area contributed by atoms with Gasteiger partial charge in [0.15, 0.2) is 0 Å². The van der Waals surface area contributed by atoms with Crippen LogP contribution in [0.25, 0.3) is 26.6 Å². The third-order valence-corrected chi connectivity index (χ3v) is 3.91. The van der Waals surface area contributed by atoms with Gasteiger partial charge in [0.25, 0.3) is 0 Å². The van der Waals surface area contributed by atoms with E-state index in [0.717, 1.165) is 26.6 Å². The zero-order valence-corrected chi connectivity index (χ0v) is 10.6. The summed E-state index contributed by atoms with van der Waals surface area (Å²) in [6.07, 6.45) is 9.24. The minimum absolute atomic E-state index is 0.856. The van der Waals surface area contributed by atoms with Crippen LogP contribution in [-0.4, -0.2) is 24.7 Å². The molecular formula is C13H9N5S. The maximum atomic E-state index is 4.39. The standard InChI is InChI=1S/C13H9N5S/c1-3-17-18(5-1)13-16-8-11(19-13)10-6-9-2-4-14-12(9)15-7-10/h1-8H,(H,14,15). The van der Waals surface area contributed by atoms with E-state index in [9.17, 15) is 0 Å². The Bertz CT molecular complexity index is 828. The Hall–Kier alpha value is -2.47. The number of H-pyrrole nitrogens is 1. The van der Waals surface area contributed by atoms with Gasteiger partial charge in [-0.2, -0.15) is 5.10 Å². The van der Waals surface area contributed by atoms with Crippen LogP contribution in [0.1, 0.15) is 0 Å². The highest BCUT2D eigenvalue weighted by Crippen LogP contribution is 2.28. The Morgan fingerprint density at radius 3 is 3.11 bits per heavy atom. The summed E-state index contributed by atoms with van der Waals surface area (Å²) in [6.45, 7) is 0. The summed E-state index contributed by atoms with van der Waals surface area (Å²) in [7, 11) is 0. The summed E-state index contributed by atoms with van der Waals surface area (Å²) in [5.41, 5.74) is 1.98. The van der Waals surface area contributed by atoms with Crippen molar-refractivity contribution in [3.63, 3.8) is 0 Å². The quantitative estimate of drug-likeness (QED) is 0.607. The molecule has 0 aliphatic rings. The fourth-order valence-electron chi connectivity index (χ4n) is 1.96. The Kier molecular flexibility index (Phi) is 2.22. The number of pyridine rings is 1. The van der Waals surface area contributed by atoms with Crippen molar-refractivity contribution in [1.29, 1.82) is 0 Å². The molecule has 5 nitrogen and oxygen atoms in total. The van der Waals surface area contributed by atoms with E-state index in [1.54, 1.807) is 22.2 Å². The molecule has 0 aliphatic carbocycles. The molecule has 4 aromatic heterocycles. The first-order valence-corrected chi connectivity index (χ1v) is 6.61. The average Bonchev–Trinajstić information content (AvgIpc) is 3.18. The summed E-state index contributed by atoms with van der Waals surface area (Å²) in [4.78, 5) is 12.9. The molecular weight excluding hydrogens is 258 g/mol. The van der Waals surface area contributed by atoms with Crippen LogP contribution < -0.4 is 0 Å². The molecule has 4 rings (SSSR count). The van der Waals surface area contributed by atoms with Gasteiger partial charge in [0, 0.05) is 41.9 Å². The van der Waals surface area contributed by atoms with Crippen LogP contribution in [-0.2, 0) is 0 Å². The minimum atomic E-state index is 0.856. The number of rotatable bonds is 2. The molecule has 0 radical (unpaired) electrons. The summed E-state index contributed by atoms with van der Waals surface area (Å²) in [5, 5.41) is 6.14. The monoisotopic (exact) mass is 267 g/mol. The summed E-state index contributed by atoms with van der Waals surface area (Å²) in [6, 6.07) is 6.01. The summed E-state index contributed by atoms with van der Waals surface area (Å²) < 4.78 is 1.76. The molecule has 92 valence electrons. The van der Waals surface area contributed by atoms with Gasteiger partial charge in [0.05, 0.1) is 4.88 Å². The first-order valence-electron chi connectivity index (χ1n) is 5.79. The number of thiazole rings is 1. The molecule has 0 saturated heterocycles. The molecule has 19 heavy (non-hydrogen) atoms. The highest BCUT2D eigenvalue weighted by Gasteiger charge is 2.07. The number of hydrogen-bond donors (Lipinski definition) is 1. The average molecular weight is 267 g/mol. The van der Waals surface area contributed by atoms with Crippen molar-refractivity contribution in [3.05, 3.63) is 49.2 Å². The molecule has 0 spiro atoms. The van der Waals surface area contributed by atoms with Crippen molar-refractivity contribution in [2.24, 2.45) is 0 Å². The largest absolute Gasteiger partial charge is 0.346 e. The zero-order valence-electron chi connectivity index (χ0n) is 9.82. The van der Waals surface area contributed by atoms with Crippen LogP contribution in [0.2, 0.25) is 0 Å². The highest BCUT2D eigenvalue weighted by atomic mass is 32.1. The van der Waals surface area contributed by atoms with Crippen LogP contribution in [0.5, 0.6) is 0 Å². The van der Waals surface area contributed by atoms with E-state index >= 15 is 0 Å². The lowest BCUT2D eigenvalue weighted by molar-refractivity contribution is 0.869. The lowest BCUT2D eigenvalue weighted by atomic mass is 10.2. The smallest absolute Gasteiger partial charge is 0.210 e. The van der Waals surface area contributed by atoms with Crippen LogP contribution in [0.4, 0.5) is 0 Å². The fourth-order valence-corrected chi connectivity index (χ4v) is 2.80. The molecule has 4 heterocycles. The van der Waals surface area contributed by atoms with E-state index in [1.165, 1.54) is 0 Å². The molecule has 0 aromatic carbocycles. The van der Waals surface area contributed by atoms with Gasteiger partial charge < -0.3 is 4.98 Å². The lowest BCUT2D eigenvalue weighted by Crippen LogP contribution is -1.91. The lowest BCUT2D eigenvalue weighted by Gasteiger charge is -1.96. The predicted molar refractivity (Wildman–Crippen MR) is 74.3 cm³/mol. The second-order valence-electron chi connectivity index (χ2n) is 4.10. The zero-order chi connectivity index (χ0) is 12.7. The van der Waals surface area contributed by atoms with Crippen LogP contribution in [0.15, 0.2) is 49.2 Å². The second-order valence-corrected chi connectivity index (χ2v) is 5.11. The second kappa shape index (κ2) is 4.03. The van der Waals surface area contributed by atoms with Gasteiger partial charge in [-0.25, -0.2) is 14.6 Å². The molecule has 0 fully saturated rings. The summed E-state index contributed by atoms with van der Waals surface area (Å²) >= 11 is 1.59. The van der Waals surface area contributed by atoms with Crippen molar-refractivity contribution in [2.75, 3.05) is 0 Å². The fraction of sp³-hybridized carbons (Fsp3) is 0. The Labute approximate surface area is 112 Å². The van der Waals surface area contributed by atoms with Crippen molar-refractivity contribution >= 4 is 22.4 Å². The maximum absolute atomic E-state index is 4.39. The van der Waals surface area contributed by atoms with Crippen LogP contribution in [0, 0.1) is 0 Å². The molecule has 0 saturated carbocycles. The third-order valence-electron chi connectivity index (χ3n) is 2.88. The van der Waals surface area contributed by atoms with E-state index in [2.05, 4.69) is 26.1 Å². The van der Waals surface area contributed by atoms with E-state index in [-0.39, 0.29) is 0 Å². The first-order chi connectivity index (χ1) is 9.40. The van der Waals surface area contributed by atoms with Gasteiger partial charge in [-0.3, -0.25) is 0 Å². The molecule has 4 aromatic rings. The Morgan fingerprint density at radius 2 is 2.21 bits per heavy atom. The SMILES string of the molecule is c1cnn(-c2ncc(-c3cnc4[nH]ccc4c3)s2)c1. The maximum Gasteiger partial charge on any atom is 0.210 e. The predicted octanol–water partition coefficient (Wildman–Crippen LogP) is 2.87. The van der Waals surface area contributed by atoms with E-state index in [4.69, 9.17) is 0 Å². The van der Waals surface area contributed by atoms with Crippen LogP contribution in [0.3, 0.4) is 0 Å². The number of hydrogen-bond acceptors (Lipinski definition) is 4. The van der Waals surface area contributed by atoms with Crippen LogP contribution >= 0.6 is 11.3 Å².